The summed E-state index contributed by atoms with van der Waals surface area (Å²) in [5.41, 5.74) is 3.27. The van der Waals surface area contributed by atoms with Crippen molar-refractivity contribution in [3.63, 3.8) is 0 Å². The number of nitrogens with zero attached hydrogens (tertiary/aromatic N) is 3. The summed E-state index contributed by atoms with van der Waals surface area (Å²) in [6.45, 7) is 8.60. The number of carboxylic acid groups (broad SMARTS) is 1. The second-order valence-electron chi connectivity index (χ2n) is 7.18. The molecular formula is C23H30ClN3O2. The fourth-order valence-electron chi connectivity index (χ4n) is 3.62. The molecule has 0 bridgehead atoms. The van der Waals surface area contributed by atoms with Crippen molar-refractivity contribution in [1.82, 2.24) is 14.5 Å². The molecule has 0 saturated heterocycles. The highest BCUT2D eigenvalue weighted by Gasteiger charge is 2.24. The van der Waals surface area contributed by atoms with Gasteiger partial charge in [0.05, 0.1) is 16.3 Å². The van der Waals surface area contributed by atoms with Crippen LogP contribution in [0, 0.1) is 0 Å². The minimum atomic E-state index is -0.931. The van der Waals surface area contributed by atoms with Gasteiger partial charge in [-0.15, -0.1) is 0 Å². The van der Waals surface area contributed by atoms with E-state index < -0.39 is 5.97 Å². The summed E-state index contributed by atoms with van der Waals surface area (Å²) in [5.74, 6) is 0.0303. The van der Waals surface area contributed by atoms with E-state index in [1.165, 1.54) is 12.0 Å². The van der Waals surface area contributed by atoms with E-state index in [-0.39, 0.29) is 5.56 Å². The van der Waals surface area contributed by atoms with Gasteiger partial charge in [0.2, 0.25) is 0 Å². The van der Waals surface area contributed by atoms with Crippen molar-refractivity contribution in [2.75, 3.05) is 0 Å². The summed E-state index contributed by atoms with van der Waals surface area (Å²) in [6, 6.07) is 5.30. The molecule has 1 unspecified atom stereocenters. The molecule has 1 atom stereocenters. The molecule has 29 heavy (non-hydrogen) atoms. The van der Waals surface area contributed by atoms with Gasteiger partial charge >= 0.3 is 5.97 Å². The third kappa shape index (κ3) is 4.96. The molecule has 3 rings (SSSR count). The Morgan fingerprint density at radius 3 is 2.31 bits per heavy atom. The van der Waals surface area contributed by atoms with Crippen LogP contribution in [-0.2, 0) is 7.05 Å². The number of fused-ring (bicyclic) bond motifs is 1. The Bertz CT molecular complexity index is 964. The van der Waals surface area contributed by atoms with Gasteiger partial charge in [-0.3, -0.25) is 0 Å². The third-order valence-electron chi connectivity index (χ3n) is 4.86. The largest absolute Gasteiger partial charge is 0.478 e. The zero-order valence-corrected chi connectivity index (χ0v) is 18.6. The van der Waals surface area contributed by atoms with Gasteiger partial charge in [-0.2, -0.15) is 0 Å². The predicted molar refractivity (Wildman–Crippen MR) is 120 cm³/mol. The maximum absolute atomic E-state index is 11.4. The first-order valence-corrected chi connectivity index (χ1v) is 10.6. The van der Waals surface area contributed by atoms with E-state index in [1.807, 2.05) is 17.7 Å². The van der Waals surface area contributed by atoms with E-state index in [4.69, 9.17) is 11.6 Å². The number of aryl methyl sites for hydroxylation is 1. The minimum absolute atomic E-state index is 0.275. The average molecular weight is 416 g/mol. The lowest BCUT2D eigenvalue weighted by atomic mass is 9.89. The Hall–Kier alpha value is -2.40. The summed E-state index contributed by atoms with van der Waals surface area (Å²) in [7, 11) is 1.93. The van der Waals surface area contributed by atoms with E-state index in [0.29, 0.717) is 16.8 Å². The highest BCUT2D eigenvalue weighted by atomic mass is 35.5. The van der Waals surface area contributed by atoms with Crippen LogP contribution in [0.4, 0.5) is 0 Å². The lowest BCUT2D eigenvalue weighted by Crippen LogP contribution is -2.03. The van der Waals surface area contributed by atoms with Crippen molar-refractivity contribution in [1.29, 1.82) is 0 Å². The van der Waals surface area contributed by atoms with Crippen LogP contribution in [0.3, 0.4) is 0 Å². The third-order valence-corrected chi connectivity index (χ3v) is 5.05. The van der Waals surface area contributed by atoms with Gasteiger partial charge in [0.25, 0.3) is 0 Å². The predicted octanol–water partition coefficient (Wildman–Crippen LogP) is 6.70. The van der Waals surface area contributed by atoms with Crippen LogP contribution < -0.4 is 0 Å². The maximum Gasteiger partial charge on any atom is 0.335 e. The molecule has 1 N–H and O–H groups in total. The number of halogens is 1. The fraction of sp³-hybridized carbons (Fsp3) is 0.435. The molecule has 0 spiro atoms. The average Bonchev–Trinajstić information content (AvgIpc) is 2.99. The molecule has 0 aliphatic heterocycles. The Morgan fingerprint density at radius 2 is 1.79 bits per heavy atom. The second kappa shape index (κ2) is 10.4. The number of rotatable bonds is 6. The van der Waals surface area contributed by atoms with Gasteiger partial charge in [0, 0.05) is 30.3 Å². The zero-order valence-electron chi connectivity index (χ0n) is 17.9. The molecule has 5 nitrogen and oxygen atoms in total. The van der Waals surface area contributed by atoms with Gasteiger partial charge in [0.1, 0.15) is 0 Å². The number of carbonyl (C=O) groups is 1. The molecule has 3 aromatic rings. The van der Waals surface area contributed by atoms with E-state index >= 15 is 0 Å². The Morgan fingerprint density at radius 1 is 1.17 bits per heavy atom. The van der Waals surface area contributed by atoms with Crippen LogP contribution in [0.5, 0.6) is 0 Å². The summed E-state index contributed by atoms with van der Waals surface area (Å²) in [6.07, 6.45) is 7.55. The van der Waals surface area contributed by atoms with E-state index in [1.54, 1.807) is 24.5 Å². The Labute approximate surface area is 177 Å². The van der Waals surface area contributed by atoms with Gasteiger partial charge in [-0.05, 0) is 36.5 Å². The number of hydrogen-bond acceptors (Lipinski definition) is 3. The summed E-state index contributed by atoms with van der Waals surface area (Å²) >= 11 is 5.96. The van der Waals surface area contributed by atoms with Crippen molar-refractivity contribution >= 4 is 28.5 Å². The van der Waals surface area contributed by atoms with Gasteiger partial charge < -0.3 is 9.67 Å². The number of aromatic carboxylic acids is 1. The molecule has 0 fully saturated rings. The molecule has 0 saturated carbocycles. The Balaban J connectivity index is 0.000000941. The fourth-order valence-corrected chi connectivity index (χ4v) is 3.72. The highest BCUT2D eigenvalue weighted by molar-refractivity contribution is 6.30. The van der Waals surface area contributed by atoms with Crippen molar-refractivity contribution in [2.45, 2.75) is 59.3 Å². The summed E-state index contributed by atoms with van der Waals surface area (Å²) in [5, 5.41) is 10.9. The zero-order chi connectivity index (χ0) is 21.6. The monoisotopic (exact) mass is 415 g/mol. The van der Waals surface area contributed by atoms with Gasteiger partial charge in [-0.25, -0.2) is 14.8 Å². The van der Waals surface area contributed by atoms with Crippen LogP contribution in [0.1, 0.15) is 75.2 Å². The van der Waals surface area contributed by atoms with Crippen LogP contribution >= 0.6 is 11.6 Å². The maximum atomic E-state index is 11.4. The highest BCUT2D eigenvalue weighted by Crippen LogP contribution is 2.40. The lowest BCUT2D eigenvalue weighted by molar-refractivity contribution is 0.0697. The van der Waals surface area contributed by atoms with Crippen molar-refractivity contribution in [3.05, 3.63) is 46.7 Å². The smallest absolute Gasteiger partial charge is 0.335 e. The van der Waals surface area contributed by atoms with Crippen LogP contribution in [0.25, 0.3) is 22.4 Å². The van der Waals surface area contributed by atoms with E-state index in [0.717, 1.165) is 35.9 Å². The molecule has 156 valence electrons. The molecule has 0 aliphatic carbocycles. The molecule has 2 heterocycles. The van der Waals surface area contributed by atoms with Crippen LogP contribution in [0.2, 0.25) is 5.02 Å². The number of carboxylic acids is 1. The standard InChI is InChI=1S/C20H22ClN3O2.C3H8/c1-4-6-12(5-2)17-15-8-7-13(20(25)26)9-16(15)24(3)18(17)19-22-10-14(21)11-23-19;1-3-2/h7-12H,4-6H2,1-3H3,(H,25,26);3H2,1-2H3. The lowest BCUT2D eigenvalue weighted by Gasteiger charge is -2.16. The van der Waals surface area contributed by atoms with Crippen molar-refractivity contribution < 1.29 is 9.90 Å². The summed E-state index contributed by atoms with van der Waals surface area (Å²) < 4.78 is 2.00. The van der Waals surface area contributed by atoms with E-state index in [2.05, 4.69) is 37.7 Å². The van der Waals surface area contributed by atoms with Crippen molar-refractivity contribution in [3.8, 4) is 11.5 Å². The normalized spacial score (nSPS) is 11.8. The van der Waals surface area contributed by atoms with E-state index in [9.17, 15) is 9.90 Å². The number of benzene rings is 1. The minimum Gasteiger partial charge on any atom is -0.478 e. The molecule has 6 heteroatoms. The second-order valence-corrected chi connectivity index (χ2v) is 7.62. The van der Waals surface area contributed by atoms with Gasteiger partial charge in [0.15, 0.2) is 5.82 Å². The first-order chi connectivity index (χ1) is 13.9. The number of hydrogen-bond donors (Lipinski definition) is 1. The number of aromatic nitrogens is 3. The van der Waals surface area contributed by atoms with Crippen LogP contribution in [0.15, 0.2) is 30.6 Å². The molecule has 0 amide bonds. The van der Waals surface area contributed by atoms with Crippen molar-refractivity contribution in [2.24, 2.45) is 7.05 Å². The van der Waals surface area contributed by atoms with Gasteiger partial charge in [-0.1, -0.05) is 58.2 Å². The first kappa shape index (κ1) is 22.9. The molecule has 0 aliphatic rings. The molecule has 1 aromatic carbocycles. The molecule has 0 radical (unpaired) electrons. The quantitative estimate of drug-likeness (QED) is 0.486. The summed E-state index contributed by atoms with van der Waals surface area (Å²) in [4.78, 5) is 20.2. The Kier molecular flexibility index (Phi) is 8.21. The first-order valence-electron chi connectivity index (χ1n) is 10.2. The molecule has 2 aromatic heterocycles. The van der Waals surface area contributed by atoms with Crippen LogP contribution in [-0.4, -0.2) is 25.6 Å². The molecular weight excluding hydrogens is 386 g/mol. The SMILES string of the molecule is CCC.CCCC(CC)c1c(-c2ncc(Cl)cn2)n(C)c2cc(C(=O)O)ccc12. The topological polar surface area (TPSA) is 68.0 Å².